The molecule has 1 N–H and O–H groups in total. The Kier molecular flexibility index (Phi) is 4.05. The molecule has 1 fully saturated rings. The monoisotopic (exact) mass is 301 g/mol. The summed E-state index contributed by atoms with van der Waals surface area (Å²) in [7, 11) is 1.86. The lowest BCUT2D eigenvalue weighted by molar-refractivity contribution is -0.133. The Hall–Kier alpha value is -2.04. The lowest BCUT2D eigenvalue weighted by Gasteiger charge is -2.33. The third-order valence-electron chi connectivity index (χ3n) is 4.90. The molecule has 22 heavy (non-hydrogen) atoms. The van der Waals surface area contributed by atoms with Gasteiger partial charge in [0.15, 0.2) is 0 Å². The van der Waals surface area contributed by atoms with Crippen LogP contribution in [0.15, 0.2) is 29.1 Å². The zero-order chi connectivity index (χ0) is 15.7. The molecule has 0 aliphatic heterocycles. The molecule has 1 aromatic heterocycles. The fourth-order valence-electron chi connectivity index (χ4n) is 3.34. The largest absolute Gasteiger partial charge is 0.341 e. The Morgan fingerprint density at radius 1 is 1.27 bits per heavy atom. The van der Waals surface area contributed by atoms with E-state index in [1.165, 1.54) is 17.4 Å². The summed E-state index contributed by atoms with van der Waals surface area (Å²) in [6, 6.07) is 7.78. The summed E-state index contributed by atoms with van der Waals surface area (Å²) >= 11 is 0. The number of aromatic amines is 1. The van der Waals surface area contributed by atoms with E-state index in [4.69, 9.17) is 0 Å². The third kappa shape index (κ3) is 2.80. The van der Waals surface area contributed by atoms with E-state index in [1.807, 2.05) is 36.2 Å². The summed E-state index contributed by atoms with van der Waals surface area (Å²) in [5.74, 6) is 0.766. The number of carbonyl (C=O) groups excluding carboxylic acids is 1. The van der Waals surface area contributed by atoms with Crippen molar-refractivity contribution < 1.29 is 4.79 Å². The minimum atomic E-state index is -0.222. The van der Waals surface area contributed by atoms with E-state index in [-0.39, 0.29) is 18.1 Å². The lowest BCUT2D eigenvalue weighted by Crippen LogP contribution is -2.41. The van der Waals surface area contributed by atoms with Crippen molar-refractivity contribution in [3.63, 3.8) is 0 Å². The number of fused-ring (bicyclic) bond motifs is 1. The van der Waals surface area contributed by atoms with Crippen LogP contribution in [0.1, 0.15) is 32.6 Å². The van der Waals surface area contributed by atoms with Gasteiger partial charge in [0.25, 0.3) is 0 Å². The average Bonchev–Trinajstić information content (AvgIpc) is 2.83. The molecule has 118 valence electrons. The number of para-hydroxylation sites is 2. The van der Waals surface area contributed by atoms with Gasteiger partial charge < -0.3 is 9.88 Å². The molecule has 1 aliphatic carbocycles. The van der Waals surface area contributed by atoms with Gasteiger partial charge in [-0.15, -0.1) is 0 Å². The molecule has 1 aliphatic rings. The van der Waals surface area contributed by atoms with Crippen molar-refractivity contribution in [3.8, 4) is 0 Å². The first-order chi connectivity index (χ1) is 10.6. The molecular formula is C17H23N3O2. The van der Waals surface area contributed by atoms with Gasteiger partial charge in [-0.3, -0.25) is 9.36 Å². The quantitative estimate of drug-likeness (QED) is 0.946. The lowest BCUT2D eigenvalue weighted by atomic mass is 9.87. The van der Waals surface area contributed by atoms with E-state index in [9.17, 15) is 9.59 Å². The minimum absolute atomic E-state index is 0.00593. The summed E-state index contributed by atoms with van der Waals surface area (Å²) in [4.78, 5) is 29.2. The Morgan fingerprint density at radius 3 is 2.68 bits per heavy atom. The Balaban J connectivity index is 1.75. The summed E-state index contributed by atoms with van der Waals surface area (Å²) < 4.78 is 1.53. The minimum Gasteiger partial charge on any atom is -0.341 e. The number of aromatic nitrogens is 2. The number of likely N-dealkylation sites (N-methyl/N-ethyl adjacent to an activating group) is 1. The van der Waals surface area contributed by atoms with Crippen LogP contribution in [0.25, 0.3) is 11.0 Å². The second-order valence-electron chi connectivity index (χ2n) is 6.45. The van der Waals surface area contributed by atoms with Crippen molar-refractivity contribution in [1.82, 2.24) is 14.5 Å². The smallest absolute Gasteiger partial charge is 0.326 e. The molecule has 0 saturated heterocycles. The molecule has 5 nitrogen and oxygen atoms in total. The van der Waals surface area contributed by atoms with Crippen LogP contribution < -0.4 is 5.69 Å². The van der Waals surface area contributed by atoms with Gasteiger partial charge in [-0.25, -0.2) is 4.79 Å². The average molecular weight is 301 g/mol. The van der Waals surface area contributed by atoms with Crippen LogP contribution in [0.3, 0.4) is 0 Å². The number of hydrogen-bond acceptors (Lipinski definition) is 2. The SMILES string of the molecule is CC1CCC(N(C)C(=O)Cn2c(=O)[nH]c3ccccc32)CC1. The number of H-pyrrole nitrogens is 1. The molecular weight excluding hydrogens is 278 g/mol. The van der Waals surface area contributed by atoms with Gasteiger partial charge in [-0.1, -0.05) is 19.1 Å². The molecule has 0 unspecified atom stereocenters. The fraction of sp³-hybridized carbons (Fsp3) is 0.529. The molecule has 5 heteroatoms. The van der Waals surface area contributed by atoms with E-state index in [1.54, 1.807) is 0 Å². The molecule has 1 heterocycles. The maximum atomic E-state index is 12.5. The molecule has 0 atom stereocenters. The van der Waals surface area contributed by atoms with Crippen molar-refractivity contribution in [3.05, 3.63) is 34.7 Å². The number of amides is 1. The third-order valence-corrected chi connectivity index (χ3v) is 4.90. The first-order valence-electron chi connectivity index (χ1n) is 7.99. The Morgan fingerprint density at radius 2 is 1.95 bits per heavy atom. The Labute approximate surface area is 129 Å². The highest BCUT2D eigenvalue weighted by Crippen LogP contribution is 2.26. The van der Waals surface area contributed by atoms with Crippen LogP contribution >= 0.6 is 0 Å². The maximum Gasteiger partial charge on any atom is 0.326 e. The predicted octanol–water partition coefficient (Wildman–Crippen LogP) is 2.37. The van der Waals surface area contributed by atoms with Gasteiger partial charge in [-0.05, 0) is 43.7 Å². The van der Waals surface area contributed by atoms with E-state index >= 15 is 0 Å². The van der Waals surface area contributed by atoms with E-state index in [2.05, 4.69) is 11.9 Å². The van der Waals surface area contributed by atoms with Crippen LogP contribution in [0.2, 0.25) is 0 Å². The van der Waals surface area contributed by atoms with Crippen molar-refractivity contribution in [2.45, 2.75) is 45.2 Å². The molecule has 3 rings (SSSR count). The summed E-state index contributed by atoms with van der Waals surface area (Å²) in [5, 5.41) is 0. The second-order valence-corrected chi connectivity index (χ2v) is 6.45. The van der Waals surface area contributed by atoms with Crippen LogP contribution in [0, 0.1) is 5.92 Å². The van der Waals surface area contributed by atoms with Gasteiger partial charge in [0.05, 0.1) is 11.0 Å². The zero-order valence-electron chi connectivity index (χ0n) is 13.2. The summed E-state index contributed by atoms with van der Waals surface area (Å²) in [6.45, 7) is 2.37. The van der Waals surface area contributed by atoms with Crippen LogP contribution in [-0.2, 0) is 11.3 Å². The van der Waals surface area contributed by atoms with Crippen molar-refractivity contribution in [1.29, 1.82) is 0 Å². The standard InChI is InChI=1S/C17H23N3O2/c1-12-7-9-13(10-8-12)19(2)16(21)11-20-15-6-4-3-5-14(15)18-17(20)22/h3-6,12-13H,7-11H2,1-2H3,(H,18,22). The summed E-state index contributed by atoms with van der Waals surface area (Å²) in [6.07, 6.45) is 4.48. The number of imidazole rings is 1. The number of nitrogens with zero attached hydrogens (tertiary/aromatic N) is 2. The molecule has 1 saturated carbocycles. The molecule has 0 spiro atoms. The van der Waals surface area contributed by atoms with Crippen LogP contribution in [0.5, 0.6) is 0 Å². The molecule has 2 aromatic rings. The number of benzene rings is 1. The second kappa shape index (κ2) is 5.99. The van der Waals surface area contributed by atoms with E-state index < -0.39 is 0 Å². The first kappa shape index (κ1) is 14.9. The fourth-order valence-corrected chi connectivity index (χ4v) is 3.34. The topological polar surface area (TPSA) is 58.1 Å². The van der Waals surface area contributed by atoms with Gasteiger partial charge >= 0.3 is 5.69 Å². The van der Waals surface area contributed by atoms with Crippen molar-refractivity contribution >= 4 is 16.9 Å². The highest BCUT2D eigenvalue weighted by atomic mass is 16.2. The number of nitrogens with one attached hydrogen (secondary N) is 1. The first-order valence-corrected chi connectivity index (χ1v) is 7.99. The van der Waals surface area contributed by atoms with Crippen molar-refractivity contribution in [2.24, 2.45) is 5.92 Å². The highest BCUT2D eigenvalue weighted by molar-refractivity contribution is 5.80. The van der Waals surface area contributed by atoms with Gasteiger partial charge in [0.2, 0.25) is 5.91 Å². The van der Waals surface area contributed by atoms with Crippen LogP contribution in [0.4, 0.5) is 0 Å². The van der Waals surface area contributed by atoms with Gasteiger partial charge in [0.1, 0.15) is 6.54 Å². The van der Waals surface area contributed by atoms with Crippen LogP contribution in [-0.4, -0.2) is 33.4 Å². The molecule has 1 aromatic carbocycles. The number of carbonyl (C=O) groups is 1. The highest BCUT2D eigenvalue weighted by Gasteiger charge is 2.25. The van der Waals surface area contributed by atoms with Gasteiger partial charge in [0, 0.05) is 13.1 Å². The molecule has 0 bridgehead atoms. The molecule has 1 amide bonds. The van der Waals surface area contributed by atoms with E-state index in [0.717, 1.165) is 29.8 Å². The van der Waals surface area contributed by atoms with E-state index in [0.29, 0.717) is 6.04 Å². The van der Waals surface area contributed by atoms with Gasteiger partial charge in [-0.2, -0.15) is 0 Å². The number of hydrogen-bond donors (Lipinski definition) is 1. The zero-order valence-corrected chi connectivity index (χ0v) is 13.2. The molecule has 0 radical (unpaired) electrons. The maximum absolute atomic E-state index is 12.5. The normalized spacial score (nSPS) is 21.9. The number of rotatable bonds is 3. The summed E-state index contributed by atoms with van der Waals surface area (Å²) in [5.41, 5.74) is 1.33. The predicted molar refractivity (Wildman–Crippen MR) is 86.7 cm³/mol. The van der Waals surface area contributed by atoms with Crippen molar-refractivity contribution in [2.75, 3.05) is 7.05 Å². The Bertz CT molecular complexity index is 723.